The van der Waals surface area contributed by atoms with Crippen LogP contribution < -0.4 is 4.90 Å². The van der Waals surface area contributed by atoms with Gasteiger partial charge < -0.3 is 14.5 Å². The highest BCUT2D eigenvalue weighted by atomic mass is 16.6. The summed E-state index contributed by atoms with van der Waals surface area (Å²) in [4.78, 5) is 20.4. The first kappa shape index (κ1) is 17.3. The fourth-order valence-corrected chi connectivity index (χ4v) is 2.87. The smallest absolute Gasteiger partial charge is 0.410 e. The second-order valence-electron chi connectivity index (χ2n) is 7.24. The van der Waals surface area contributed by atoms with Crippen LogP contribution >= 0.6 is 0 Å². The average molecular weight is 339 g/mol. The molecule has 1 fully saturated rings. The molecule has 1 aliphatic rings. The monoisotopic (exact) mass is 339 g/mol. The van der Waals surface area contributed by atoms with Crippen molar-refractivity contribution in [2.24, 2.45) is 0 Å². The molecule has 132 valence electrons. The van der Waals surface area contributed by atoms with Gasteiger partial charge in [0.25, 0.3) is 0 Å². The van der Waals surface area contributed by atoms with Gasteiger partial charge in [0.15, 0.2) is 0 Å². The minimum absolute atomic E-state index is 0.223. The van der Waals surface area contributed by atoms with E-state index in [-0.39, 0.29) is 6.09 Å². The Kier molecular flexibility index (Phi) is 4.93. The predicted molar refractivity (Wildman–Crippen MR) is 99.7 cm³/mol. The molecule has 0 bridgehead atoms. The quantitative estimate of drug-likeness (QED) is 0.835. The number of carbonyl (C=O) groups is 1. The molecule has 1 aliphatic heterocycles. The summed E-state index contributed by atoms with van der Waals surface area (Å²) < 4.78 is 5.45. The van der Waals surface area contributed by atoms with E-state index >= 15 is 0 Å². The molecule has 0 atom stereocenters. The number of nitrogens with zero attached hydrogens (tertiary/aromatic N) is 3. The number of ether oxygens (including phenoxy) is 1. The highest BCUT2D eigenvalue weighted by Gasteiger charge is 2.25. The lowest BCUT2D eigenvalue weighted by molar-refractivity contribution is 0.0240. The Morgan fingerprint density at radius 1 is 1.00 bits per heavy atom. The molecule has 5 nitrogen and oxygen atoms in total. The Morgan fingerprint density at radius 3 is 2.24 bits per heavy atom. The Bertz CT molecular complexity index is 700. The van der Waals surface area contributed by atoms with E-state index in [1.54, 1.807) is 11.1 Å². The second kappa shape index (κ2) is 7.13. The van der Waals surface area contributed by atoms with Crippen molar-refractivity contribution in [3.8, 4) is 11.1 Å². The number of pyridine rings is 1. The molecule has 1 aromatic carbocycles. The van der Waals surface area contributed by atoms with Crippen molar-refractivity contribution in [1.82, 2.24) is 9.88 Å². The highest BCUT2D eigenvalue weighted by Crippen LogP contribution is 2.23. The van der Waals surface area contributed by atoms with Gasteiger partial charge in [0, 0.05) is 44.3 Å². The number of carbonyl (C=O) groups excluding carboxylic acids is 1. The highest BCUT2D eigenvalue weighted by molar-refractivity contribution is 5.69. The summed E-state index contributed by atoms with van der Waals surface area (Å²) in [5, 5.41) is 0. The van der Waals surface area contributed by atoms with Gasteiger partial charge in [0.1, 0.15) is 5.60 Å². The van der Waals surface area contributed by atoms with Gasteiger partial charge in [-0.05, 0) is 50.1 Å². The largest absolute Gasteiger partial charge is 0.444 e. The van der Waals surface area contributed by atoms with Crippen molar-refractivity contribution in [1.29, 1.82) is 0 Å². The van der Waals surface area contributed by atoms with E-state index in [4.69, 9.17) is 4.74 Å². The molecule has 2 aromatic rings. The minimum atomic E-state index is -0.448. The predicted octanol–water partition coefficient (Wildman–Crippen LogP) is 3.81. The molecule has 5 heteroatoms. The van der Waals surface area contributed by atoms with E-state index in [0.717, 1.165) is 24.2 Å². The lowest BCUT2D eigenvalue weighted by Crippen LogP contribution is -2.50. The van der Waals surface area contributed by atoms with Crippen molar-refractivity contribution in [3.63, 3.8) is 0 Å². The molecule has 1 saturated heterocycles. The van der Waals surface area contributed by atoms with E-state index in [2.05, 4.69) is 40.2 Å². The van der Waals surface area contributed by atoms with Crippen LogP contribution in [-0.4, -0.2) is 47.8 Å². The van der Waals surface area contributed by atoms with Crippen LogP contribution in [0.15, 0.2) is 48.8 Å². The second-order valence-corrected chi connectivity index (χ2v) is 7.24. The van der Waals surface area contributed by atoms with Gasteiger partial charge in [0.05, 0.1) is 0 Å². The van der Waals surface area contributed by atoms with Gasteiger partial charge >= 0.3 is 6.09 Å². The number of hydrogen-bond acceptors (Lipinski definition) is 4. The van der Waals surface area contributed by atoms with Gasteiger partial charge in [-0.25, -0.2) is 4.79 Å². The molecule has 2 heterocycles. The summed E-state index contributed by atoms with van der Waals surface area (Å²) in [6.45, 7) is 8.66. The van der Waals surface area contributed by atoms with Crippen LogP contribution in [0.5, 0.6) is 0 Å². The van der Waals surface area contributed by atoms with Crippen LogP contribution in [0.3, 0.4) is 0 Å². The van der Waals surface area contributed by atoms with Crippen LogP contribution in [-0.2, 0) is 4.74 Å². The summed E-state index contributed by atoms with van der Waals surface area (Å²) in [5.41, 5.74) is 3.00. The number of hydrogen-bond donors (Lipinski definition) is 0. The Morgan fingerprint density at radius 2 is 1.68 bits per heavy atom. The van der Waals surface area contributed by atoms with Crippen molar-refractivity contribution >= 4 is 11.8 Å². The molecular weight excluding hydrogens is 314 g/mol. The van der Waals surface area contributed by atoms with E-state index in [1.807, 2.05) is 33.0 Å². The number of benzene rings is 1. The number of piperazine rings is 1. The Labute approximate surface area is 149 Å². The number of anilines is 1. The third-order valence-corrected chi connectivity index (χ3v) is 4.16. The molecule has 1 amide bonds. The van der Waals surface area contributed by atoms with Crippen LogP contribution in [0.2, 0.25) is 0 Å². The first-order chi connectivity index (χ1) is 11.9. The van der Waals surface area contributed by atoms with Crippen molar-refractivity contribution < 1.29 is 9.53 Å². The average Bonchev–Trinajstić information content (AvgIpc) is 2.61. The molecule has 1 aromatic heterocycles. The maximum atomic E-state index is 12.1. The van der Waals surface area contributed by atoms with E-state index in [0.29, 0.717) is 13.1 Å². The van der Waals surface area contributed by atoms with Gasteiger partial charge in [0.2, 0.25) is 0 Å². The zero-order chi connectivity index (χ0) is 17.9. The van der Waals surface area contributed by atoms with Gasteiger partial charge in [-0.1, -0.05) is 18.2 Å². The minimum Gasteiger partial charge on any atom is -0.444 e. The zero-order valence-electron chi connectivity index (χ0n) is 15.1. The maximum absolute atomic E-state index is 12.1. The molecule has 0 N–H and O–H groups in total. The molecule has 0 unspecified atom stereocenters. The maximum Gasteiger partial charge on any atom is 0.410 e. The third-order valence-electron chi connectivity index (χ3n) is 4.16. The lowest BCUT2D eigenvalue weighted by Gasteiger charge is -2.36. The molecule has 0 saturated carbocycles. The Balaban J connectivity index is 1.59. The Hall–Kier alpha value is -2.56. The summed E-state index contributed by atoms with van der Waals surface area (Å²) in [7, 11) is 0. The SMILES string of the molecule is CC(C)(C)OC(=O)N1CCN(c2ccc(-c3cccnc3)cc2)CC1. The molecule has 3 rings (SSSR count). The van der Waals surface area contributed by atoms with Gasteiger partial charge in [-0.15, -0.1) is 0 Å². The normalized spacial score (nSPS) is 15.2. The van der Waals surface area contributed by atoms with Crippen molar-refractivity contribution in [2.75, 3.05) is 31.1 Å². The summed E-state index contributed by atoms with van der Waals surface area (Å²) in [6, 6.07) is 12.5. The first-order valence-electron chi connectivity index (χ1n) is 8.66. The van der Waals surface area contributed by atoms with Crippen LogP contribution in [0, 0.1) is 0 Å². The standard InChI is InChI=1S/C20H25N3O2/c1-20(2,3)25-19(24)23-13-11-22(12-14-23)18-8-6-16(7-9-18)17-5-4-10-21-15-17/h4-10,15H,11-14H2,1-3H3. The fourth-order valence-electron chi connectivity index (χ4n) is 2.87. The molecule has 0 spiro atoms. The van der Waals surface area contributed by atoms with Crippen molar-refractivity contribution in [2.45, 2.75) is 26.4 Å². The number of rotatable bonds is 2. The first-order valence-corrected chi connectivity index (χ1v) is 8.66. The van der Waals surface area contributed by atoms with Gasteiger partial charge in [-0.2, -0.15) is 0 Å². The third kappa shape index (κ3) is 4.50. The molecule has 0 radical (unpaired) electrons. The molecular formula is C20H25N3O2. The molecule has 0 aliphatic carbocycles. The van der Waals surface area contributed by atoms with Crippen LogP contribution in [0.25, 0.3) is 11.1 Å². The summed E-state index contributed by atoms with van der Waals surface area (Å²) in [6.07, 6.45) is 3.43. The number of amides is 1. The van der Waals surface area contributed by atoms with Crippen LogP contribution in [0.1, 0.15) is 20.8 Å². The lowest BCUT2D eigenvalue weighted by atomic mass is 10.1. The number of aromatic nitrogens is 1. The summed E-state index contributed by atoms with van der Waals surface area (Å²) in [5.74, 6) is 0. The topological polar surface area (TPSA) is 45.7 Å². The van der Waals surface area contributed by atoms with E-state index < -0.39 is 5.60 Å². The fraction of sp³-hybridized carbons (Fsp3) is 0.400. The summed E-state index contributed by atoms with van der Waals surface area (Å²) >= 11 is 0. The van der Waals surface area contributed by atoms with E-state index in [1.165, 1.54) is 5.69 Å². The zero-order valence-corrected chi connectivity index (χ0v) is 15.1. The van der Waals surface area contributed by atoms with Crippen molar-refractivity contribution in [3.05, 3.63) is 48.8 Å². The van der Waals surface area contributed by atoms with E-state index in [9.17, 15) is 4.79 Å². The van der Waals surface area contributed by atoms with Gasteiger partial charge in [-0.3, -0.25) is 4.98 Å². The molecule has 25 heavy (non-hydrogen) atoms. The van der Waals surface area contributed by atoms with Crippen LogP contribution in [0.4, 0.5) is 10.5 Å².